The molecule has 1 rings (SSSR count). The van der Waals surface area contributed by atoms with E-state index in [4.69, 9.17) is 18.9 Å². The summed E-state index contributed by atoms with van der Waals surface area (Å²) < 4.78 is 22.0. The van der Waals surface area contributed by atoms with E-state index in [-0.39, 0.29) is 26.1 Å². The number of hydrogen-bond donors (Lipinski definition) is 4. The number of carbonyl (C=O) groups excluding carboxylic acids is 2. The van der Waals surface area contributed by atoms with Crippen molar-refractivity contribution in [3.05, 3.63) is 24.3 Å². The summed E-state index contributed by atoms with van der Waals surface area (Å²) in [5, 5.41) is 39.9. The summed E-state index contributed by atoms with van der Waals surface area (Å²) in [5.41, 5.74) is 0. The second-order valence-corrected chi connectivity index (χ2v) is 14.1. The molecule has 1 aliphatic heterocycles. The van der Waals surface area contributed by atoms with Crippen LogP contribution in [0.3, 0.4) is 0 Å². The van der Waals surface area contributed by atoms with Crippen molar-refractivity contribution in [2.45, 2.75) is 205 Å². The molecular formula is C41H74O10. The Bertz CT molecular complexity index is 892. The monoisotopic (exact) mass is 727 g/mol. The van der Waals surface area contributed by atoms with Crippen LogP contribution in [-0.2, 0) is 28.5 Å². The molecule has 0 saturated carbocycles. The molecule has 10 nitrogen and oxygen atoms in total. The maximum atomic E-state index is 12.7. The van der Waals surface area contributed by atoms with Crippen molar-refractivity contribution >= 4 is 11.9 Å². The van der Waals surface area contributed by atoms with Gasteiger partial charge in [0.15, 0.2) is 12.4 Å². The van der Waals surface area contributed by atoms with E-state index >= 15 is 0 Å². The third-order valence-corrected chi connectivity index (χ3v) is 9.31. The molecule has 0 aliphatic carbocycles. The van der Waals surface area contributed by atoms with Crippen LogP contribution in [0.5, 0.6) is 0 Å². The summed E-state index contributed by atoms with van der Waals surface area (Å²) in [6, 6.07) is 0. The quantitative estimate of drug-likeness (QED) is 0.0300. The van der Waals surface area contributed by atoms with Crippen LogP contribution < -0.4 is 0 Å². The number of ether oxygens (including phenoxy) is 4. The van der Waals surface area contributed by atoms with Gasteiger partial charge >= 0.3 is 11.9 Å². The Labute approximate surface area is 309 Å². The normalized spacial score (nSPS) is 21.4. The highest BCUT2D eigenvalue weighted by atomic mass is 16.7. The van der Waals surface area contributed by atoms with Gasteiger partial charge in [0.05, 0.1) is 13.2 Å². The van der Waals surface area contributed by atoms with E-state index in [1.807, 2.05) is 0 Å². The van der Waals surface area contributed by atoms with Crippen LogP contribution in [0.4, 0.5) is 0 Å². The van der Waals surface area contributed by atoms with Crippen molar-refractivity contribution in [1.82, 2.24) is 0 Å². The van der Waals surface area contributed by atoms with E-state index in [9.17, 15) is 30.0 Å². The second kappa shape index (κ2) is 32.8. The number of unbranched alkanes of at least 4 members (excludes halogenated alkanes) is 18. The van der Waals surface area contributed by atoms with E-state index in [1.54, 1.807) is 0 Å². The van der Waals surface area contributed by atoms with Gasteiger partial charge in [-0.15, -0.1) is 0 Å². The molecule has 10 heteroatoms. The fraction of sp³-hybridized carbons (Fsp3) is 0.854. The standard InChI is InChI=1S/C41H74O10/c1-3-5-7-9-11-13-15-16-17-18-20-21-23-25-27-29-36(43)48-32-34(33-49-41-40(47)39(46)38(45)35(31-42)51-41)50-37(44)30-28-26-24-22-19-14-12-10-8-6-4-2/h10,12,18,20,34-35,38-42,45-47H,3-9,11,13-17,19,21-33H2,1-2H3/b12-10+,20-18+/t34-,35-,38+,39?,40?,41-/m0/s1. The third kappa shape index (κ3) is 24.9. The van der Waals surface area contributed by atoms with Crippen molar-refractivity contribution in [2.24, 2.45) is 0 Å². The summed E-state index contributed by atoms with van der Waals surface area (Å²) in [4.78, 5) is 25.2. The molecule has 0 bridgehead atoms. The Hall–Kier alpha value is -1.82. The molecule has 2 unspecified atom stereocenters. The van der Waals surface area contributed by atoms with Crippen LogP contribution in [0.2, 0.25) is 0 Å². The van der Waals surface area contributed by atoms with Gasteiger partial charge < -0.3 is 39.4 Å². The van der Waals surface area contributed by atoms with Gasteiger partial charge in [-0.05, 0) is 57.8 Å². The van der Waals surface area contributed by atoms with Gasteiger partial charge in [0.1, 0.15) is 31.0 Å². The molecule has 0 spiro atoms. The zero-order valence-corrected chi connectivity index (χ0v) is 32.1. The van der Waals surface area contributed by atoms with E-state index < -0.39 is 55.4 Å². The molecule has 1 fully saturated rings. The van der Waals surface area contributed by atoms with Crippen molar-refractivity contribution < 1.29 is 49.0 Å². The molecule has 4 N–H and O–H groups in total. The number of aliphatic hydroxyl groups excluding tert-OH is 4. The molecule has 298 valence electrons. The van der Waals surface area contributed by atoms with Gasteiger partial charge in [-0.2, -0.15) is 0 Å². The van der Waals surface area contributed by atoms with Crippen LogP contribution >= 0.6 is 0 Å². The summed E-state index contributed by atoms with van der Waals surface area (Å²) in [7, 11) is 0. The molecule has 1 saturated heterocycles. The molecule has 0 radical (unpaired) electrons. The zero-order chi connectivity index (χ0) is 37.4. The molecule has 0 aromatic heterocycles. The van der Waals surface area contributed by atoms with Gasteiger partial charge in [0, 0.05) is 12.8 Å². The topological polar surface area (TPSA) is 152 Å². The Balaban J connectivity index is 2.38. The molecule has 0 aromatic rings. The molecular weight excluding hydrogens is 652 g/mol. The van der Waals surface area contributed by atoms with Gasteiger partial charge in [-0.1, -0.05) is 122 Å². The lowest BCUT2D eigenvalue weighted by atomic mass is 9.99. The minimum absolute atomic E-state index is 0.217. The highest BCUT2D eigenvalue weighted by Gasteiger charge is 2.44. The van der Waals surface area contributed by atoms with E-state index in [2.05, 4.69) is 38.2 Å². The van der Waals surface area contributed by atoms with Gasteiger partial charge in [-0.3, -0.25) is 9.59 Å². The molecule has 0 amide bonds. The second-order valence-electron chi connectivity index (χ2n) is 14.1. The van der Waals surface area contributed by atoms with E-state index in [0.29, 0.717) is 12.8 Å². The lowest BCUT2D eigenvalue weighted by Gasteiger charge is -2.39. The fourth-order valence-electron chi connectivity index (χ4n) is 5.99. The first-order chi connectivity index (χ1) is 24.8. The number of esters is 2. The first-order valence-corrected chi connectivity index (χ1v) is 20.4. The Kier molecular flexibility index (Phi) is 30.4. The van der Waals surface area contributed by atoms with Crippen molar-refractivity contribution in [1.29, 1.82) is 0 Å². The molecule has 1 heterocycles. The number of rotatable bonds is 33. The largest absolute Gasteiger partial charge is 0.462 e. The van der Waals surface area contributed by atoms with Crippen LogP contribution in [-0.4, -0.2) is 89.0 Å². The molecule has 6 atom stereocenters. The number of allylic oxidation sites excluding steroid dienone is 4. The smallest absolute Gasteiger partial charge is 0.306 e. The predicted molar refractivity (Wildman–Crippen MR) is 201 cm³/mol. The summed E-state index contributed by atoms with van der Waals surface area (Å²) >= 11 is 0. The lowest BCUT2D eigenvalue weighted by Crippen LogP contribution is -2.59. The van der Waals surface area contributed by atoms with Crippen LogP contribution in [0, 0.1) is 0 Å². The van der Waals surface area contributed by atoms with Crippen molar-refractivity contribution in [2.75, 3.05) is 19.8 Å². The summed E-state index contributed by atoms with van der Waals surface area (Å²) in [6.45, 7) is 3.34. The molecule has 1 aliphatic rings. The highest BCUT2D eigenvalue weighted by molar-refractivity contribution is 5.70. The first kappa shape index (κ1) is 47.2. The first-order valence-electron chi connectivity index (χ1n) is 20.4. The van der Waals surface area contributed by atoms with Gasteiger partial charge in [0.25, 0.3) is 0 Å². The van der Waals surface area contributed by atoms with Crippen LogP contribution in [0.25, 0.3) is 0 Å². The number of carbonyl (C=O) groups is 2. The zero-order valence-electron chi connectivity index (χ0n) is 32.1. The molecule has 51 heavy (non-hydrogen) atoms. The average molecular weight is 727 g/mol. The Morgan fingerprint density at radius 2 is 1.06 bits per heavy atom. The van der Waals surface area contributed by atoms with E-state index in [0.717, 1.165) is 64.2 Å². The molecule has 0 aromatic carbocycles. The highest BCUT2D eigenvalue weighted by Crippen LogP contribution is 2.22. The minimum Gasteiger partial charge on any atom is -0.462 e. The number of hydrogen-bond acceptors (Lipinski definition) is 10. The fourth-order valence-corrected chi connectivity index (χ4v) is 5.99. The van der Waals surface area contributed by atoms with Crippen molar-refractivity contribution in [3.63, 3.8) is 0 Å². The minimum atomic E-state index is -1.60. The van der Waals surface area contributed by atoms with E-state index in [1.165, 1.54) is 64.2 Å². The third-order valence-electron chi connectivity index (χ3n) is 9.31. The van der Waals surface area contributed by atoms with Crippen LogP contribution in [0.15, 0.2) is 24.3 Å². The van der Waals surface area contributed by atoms with Gasteiger partial charge in [0.2, 0.25) is 0 Å². The lowest BCUT2D eigenvalue weighted by molar-refractivity contribution is -0.305. The average Bonchev–Trinajstić information content (AvgIpc) is 3.13. The van der Waals surface area contributed by atoms with Crippen LogP contribution in [0.1, 0.15) is 168 Å². The maximum Gasteiger partial charge on any atom is 0.306 e. The predicted octanol–water partition coefficient (Wildman–Crippen LogP) is 7.77. The maximum absolute atomic E-state index is 12.7. The SMILES string of the molecule is CCCC/C=C/CCCCCCCC(=O)O[C@@H](COC(=O)CCCCC/C=C/CCCCCCCCCC)CO[C@H]1O[C@@H](CO)[C@@H](O)C(O)C1O. The van der Waals surface area contributed by atoms with Gasteiger partial charge in [-0.25, -0.2) is 0 Å². The number of aliphatic hydroxyl groups is 4. The Morgan fingerprint density at radius 1 is 0.588 bits per heavy atom. The van der Waals surface area contributed by atoms with Crippen molar-refractivity contribution in [3.8, 4) is 0 Å². The summed E-state index contributed by atoms with van der Waals surface area (Å²) in [6.07, 6.45) is 26.2. The Morgan fingerprint density at radius 3 is 1.61 bits per heavy atom. The summed E-state index contributed by atoms with van der Waals surface area (Å²) in [5.74, 6) is -0.836.